The van der Waals surface area contributed by atoms with Crippen LogP contribution < -0.4 is 0 Å². The fourth-order valence-electron chi connectivity index (χ4n) is 3.08. The number of hydrogen-bond donors (Lipinski definition) is 1. The molecule has 0 heterocycles. The molecule has 1 N–H and O–H groups in total. The van der Waals surface area contributed by atoms with Crippen molar-refractivity contribution in [1.29, 1.82) is 0 Å². The van der Waals surface area contributed by atoms with Crippen molar-refractivity contribution in [3.05, 3.63) is 11.6 Å². The fourth-order valence-corrected chi connectivity index (χ4v) is 3.08. The summed E-state index contributed by atoms with van der Waals surface area (Å²) >= 11 is 0. The molecule has 13 heavy (non-hydrogen) atoms. The smallest absolute Gasteiger partial charge is 0.0724 e. The summed E-state index contributed by atoms with van der Waals surface area (Å²) in [5.74, 6) is 0.702. The van der Waals surface area contributed by atoms with Crippen LogP contribution in [0.4, 0.5) is 0 Å². The van der Waals surface area contributed by atoms with Gasteiger partial charge in [-0.05, 0) is 37.0 Å². The largest absolute Gasteiger partial charge is 0.389 e. The zero-order valence-corrected chi connectivity index (χ0v) is 8.71. The highest BCUT2D eigenvalue weighted by Crippen LogP contribution is 2.49. The summed E-state index contributed by atoms with van der Waals surface area (Å²) in [6.07, 6.45) is 8.13. The molecule has 1 heteroatoms. The summed E-state index contributed by atoms with van der Waals surface area (Å²) in [7, 11) is 0. The molecule has 0 aromatic rings. The molecule has 0 unspecified atom stereocenters. The highest BCUT2D eigenvalue weighted by molar-refractivity contribution is 5.23. The Kier molecular flexibility index (Phi) is 2.23. The van der Waals surface area contributed by atoms with Crippen LogP contribution in [0.2, 0.25) is 0 Å². The van der Waals surface area contributed by atoms with E-state index < -0.39 is 0 Å². The van der Waals surface area contributed by atoms with Crippen molar-refractivity contribution < 1.29 is 5.11 Å². The molecule has 0 bridgehead atoms. The van der Waals surface area contributed by atoms with Crippen LogP contribution in [0.3, 0.4) is 0 Å². The van der Waals surface area contributed by atoms with E-state index in [1.54, 1.807) is 0 Å². The van der Waals surface area contributed by atoms with Gasteiger partial charge in [0.05, 0.1) is 6.10 Å². The van der Waals surface area contributed by atoms with Gasteiger partial charge in [0.1, 0.15) is 0 Å². The molecule has 0 saturated heterocycles. The molecule has 2 aliphatic carbocycles. The molecule has 0 aromatic heterocycles. The van der Waals surface area contributed by atoms with Crippen LogP contribution in [0.25, 0.3) is 0 Å². The first-order chi connectivity index (χ1) is 6.12. The van der Waals surface area contributed by atoms with Gasteiger partial charge in [-0.1, -0.05) is 31.9 Å². The minimum absolute atomic E-state index is 0.163. The minimum atomic E-state index is -0.163. The zero-order chi connectivity index (χ0) is 9.47. The Labute approximate surface area is 80.8 Å². The van der Waals surface area contributed by atoms with Gasteiger partial charge in [-0.2, -0.15) is 0 Å². The number of aliphatic hydroxyl groups excluding tert-OH is 1. The van der Waals surface area contributed by atoms with Gasteiger partial charge >= 0.3 is 0 Å². The second-order valence-corrected chi connectivity index (χ2v) is 5.08. The highest BCUT2D eigenvalue weighted by Gasteiger charge is 2.37. The lowest BCUT2D eigenvalue weighted by atomic mass is 9.62. The van der Waals surface area contributed by atoms with E-state index >= 15 is 0 Å². The molecule has 2 rings (SSSR count). The van der Waals surface area contributed by atoms with Crippen LogP contribution in [0, 0.1) is 11.3 Å². The monoisotopic (exact) mass is 180 g/mol. The SMILES string of the molecule is C[C@H]1CCC[C@@]2(C)CC[C@H](O)C=C12. The van der Waals surface area contributed by atoms with Crippen LogP contribution in [-0.4, -0.2) is 11.2 Å². The van der Waals surface area contributed by atoms with Gasteiger partial charge in [0.25, 0.3) is 0 Å². The van der Waals surface area contributed by atoms with Gasteiger partial charge in [0.15, 0.2) is 0 Å². The first-order valence-corrected chi connectivity index (χ1v) is 5.52. The van der Waals surface area contributed by atoms with Crippen molar-refractivity contribution in [2.24, 2.45) is 11.3 Å². The Morgan fingerprint density at radius 1 is 1.38 bits per heavy atom. The molecule has 74 valence electrons. The molecular formula is C12H20O. The summed E-state index contributed by atoms with van der Waals surface area (Å²) in [4.78, 5) is 0. The Balaban J connectivity index is 2.29. The van der Waals surface area contributed by atoms with Crippen molar-refractivity contribution >= 4 is 0 Å². The molecule has 1 saturated carbocycles. The molecule has 0 aliphatic heterocycles. The standard InChI is InChI=1S/C12H20O/c1-9-4-3-6-12(2)7-5-10(13)8-11(9)12/h8-10,13H,3-7H2,1-2H3/t9-,10-,12-/m0/s1. The molecule has 0 amide bonds. The number of fused-ring (bicyclic) bond motifs is 1. The summed E-state index contributed by atoms with van der Waals surface area (Å²) in [5, 5.41) is 9.60. The Morgan fingerprint density at radius 3 is 2.92 bits per heavy atom. The van der Waals surface area contributed by atoms with Gasteiger partial charge in [-0.3, -0.25) is 0 Å². The molecule has 1 nitrogen and oxygen atoms in total. The van der Waals surface area contributed by atoms with E-state index in [1.807, 2.05) is 0 Å². The molecule has 3 atom stereocenters. The maximum absolute atomic E-state index is 9.60. The quantitative estimate of drug-likeness (QED) is 0.568. The van der Waals surface area contributed by atoms with Gasteiger partial charge in [-0.25, -0.2) is 0 Å². The number of aliphatic hydroxyl groups is 1. The van der Waals surface area contributed by atoms with Crippen LogP contribution in [0.5, 0.6) is 0 Å². The van der Waals surface area contributed by atoms with E-state index in [2.05, 4.69) is 19.9 Å². The third kappa shape index (κ3) is 1.54. The normalized spacial score (nSPS) is 45.3. The van der Waals surface area contributed by atoms with Crippen LogP contribution in [0.1, 0.15) is 46.0 Å². The van der Waals surface area contributed by atoms with Crippen molar-refractivity contribution in [2.75, 3.05) is 0 Å². The number of rotatable bonds is 0. The van der Waals surface area contributed by atoms with Crippen LogP contribution >= 0.6 is 0 Å². The molecule has 2 aliphatic rings. The van der Waals surface area contributed by atoms with E-state index in [0.717, 1.165) is 6.42 Å². The van der Waals surface area contributed by atoms with Crippen molar-refractivity contribution in [1.82, 2.24) is 0 Å². The first kappa shape index (κ1) is 9.26. The maximum atomic E-state index is 9.60. The van der Waals surface area contributed by atoms with Gasteiger partial charge < -0.3 is 5.11 Å². The lowest BCUT2D eigenvalue weighted by Gasteiger charge is -2.43. The van der Waals surface area contributed by atoms with Crippen molar-refractivity contribution in [3.8, 4) is 0 Å². The van der Waals surface area contributed by atoms with Crippen molar-refractivity contribution in [2.45, 2.75) is 52.1 Å². The Bertz CT molecular complexity index is 231. The lowest BCUT2D eigenvalue weighted by Crippen LogP contribution is -2.33. The van der Waals surface area contributed by atoms with E-state index in [1.165, 1.54) is 31.3 Å². The van der Waals surface area contributed by atoms with Gasteiger partial charge in [0.2, 0.25) is 0 Å². The summed E-state index contributed by atoms with van der Waals surface area (Å²) in [6, 6.07) is 0. The van der Waals surface area contributed by atoms with Crippen LogP contribution in [-0.2, 0) is 0 Å². The van der Waals surface area contributed by atoms with Gasteiger partial charge in [0, 0.05) is 0 Å². The summed E-state index contributed by atoms with van der Waals surface area (Å²) < 4.78 is 0. The minimum Gasteiger partial charge on any atom is -0.389 e. The Hall–Kier alpha value is -0.300. The number of hydrogen-bond acceptors (Lipinski definition) is 1. The average Bonchev–Trinajstić information content (AvgIpc) is 2.08. The first-order valence-electron chi connectivity index (χ1n) is 5.52. The highest BCUT2D eigenvalue weighted by atomic mass is 16.3. The van der Waals surface area contributed by atoms with Gasteiger partial charge in [-0.15, -0.1) is 0 Å². The number of allylic oxidation sites excluding steroid dienone is 1. The van der Waals surface area contributed by atoms with E-state index in [-0.39, 0.29) is 6.10 Å². The molecule has 0 spiro atoms. The third-order valence-corrected chi connectivity index (χ3v) is 3.96. The topological polar surface area (TPSA) is 20.2 Å². The van der Waals surface area contributed by atoms with Crippen LogP contribution in [0.15, 0.2) is 11.6 Å². The molecule has 0 aromatic carbocycles. The predicted octanol–water partition coefficient (Wildman–Crippen LogP) is 2.89. The fraction of sp³-hybridized carbons (Fsp3) is 0.833. The van der Waals surface area contributed by atoms with E-state index in [9.17, 15) is 5.11 Å². The maximum Gasteiger partial charge on any atom is 0.0724 e. The zero-order valence-electron chi connectivity index (χ0n) is 8.71. The lowest BCUT2D eigenvalue weighted by molar-refractivity contribution is 0.141. The predicted molar refractivity (Wildman–Crippen MR) is 54.4 cm³/mol. The second kappa shape index (κ2) is 3.13. The third-order valence-electron chi connectivity index (χ3n) is 3.96. The molecule has 0 radical (unpaired) electrons. The second-order valence-electron chi connectivity index (χ2n) is 5.08. The summed E-state index contributed by atoms with van der Waals surface area (Å²) in [5.41, 5.74) is 1.97. The Morgan fingerprint density at radius 2 is 2.15 bits per heavy atom. The summed E-state index contributed by atoms with van der Waals surface area (Å²) in [6.45, 7) is 4.68. The average molecular weight is 180 g/mol. The molecular weight excluding hydrogens is 160 g/mol. The van der Waals surface area contributed by atoms with Crippen molar-refractivity contribution in [3.63, 3.8) is 0 Å². The van der Waals surface area contributed by atoms with E-state index in [4.69, 9.17) is 0 Å². The van der Waals surface area contributed by atoms with E-state index in [0.29, 0.717) is 11.3 Å². The molecule has 1 fully saturated rings.